The number of Topliss-reactive ketones (excluding diaryl/α,β-unsaturated/α-hetero) is 1. The average Bonchev–Trinajstić information content (AvgIpc) is 3.04. The second-order valence-corrected chi connectivity index (χ2v) is 7.37. The number of aryl methyl sites for hydroxylation is 1. The number of nitrogens with zero attached hydrogens (tertiary/aromatic N) is 2. The van der Waals surface area contributed by atoms with E-state index in [4.69, 9.17) is 0 Å². The lowest BCUT2D eigenvalue weighted by Crippen LogP contribution is -2.31. The van der Waals surface area contributed by atoms with E-state index in [1.807, 2.05) is 61.5 Å². The lowest BCUT2D eigenvalue weighted by molar-refractivity contribution is -0.139. The van der Waals surface area contributed by atoms with Crippen LogP contribution < -0.4 is 0 Å². The first-order chi connectivity index (χ1) is 14.6. The second kappa shape index (κ2) is 8.33. The van der Waals surface area contributed by atoms with Crippen molar-refractivity contribution >= 4 is 17.4 Å². The summed E-state index contributed by atoms with van der Waals surface area (Å²) < 4.78 is 0. The van der Waals surface area contributed by atoms with Crippen molar-refractivity contribution in [2.24, 2.45) is 0 Å². The van der Waals surface area contributed by atoms with E-state index in [1.165, 1.54) is 0 Å². The van der Waals surface area contributed by atoms with Crippen molar-refractivity contribution in [2.45, 2.75) is 19.4 Å². The minimum atomic E-state index is -0.664. The lowest BCUT2D eigenvalue weighted by Gasteiger charge is -2.25. The fraction of sp³-hybridized carbons (Fsp3) is 0.160. The highest BCUT2D eigenvalue weighted by Crippen LogP contribution is 2.39. The van der Waals surface area contributed by atoms with Crippen LogP contribution in [0.25, 0.3) is 5.76 Å². The molecule has 1 saturated heterocycles. The number of ketones is 1. The third kappa shape index (κ3) is 3.74. The highest BCUT2D eigenvalue weighted by molar-refractivity contribution is 6.46. The van der Waals surface area contributed by atoms with Crippen molar-refractivity contribution < 1.29 is 14.7 Å². The van der Waals surface area contributed by atoms with E-state index in [2.05, 4.69) is 4.98 Å². The van der Waals surface area contributed by atoms with Crippen LogP contribution in [0.2, 0.25) is 0 Å². The van der Waals surface area contributed by atoms with Crippen LogP contribution in [-0.2, 0) is 16.0 Å². The van der Waals surface area contributed by atoms with E-state index < -0.39 is 17.7 Å². The van der Waals surface area contributed by atoms with Gasteiger partial charge in [0.1, 0.15) is 5.76 Å². The molecule has 0 spiro atoms. The van der Waals surface area contributed by atoms with Crippen molar-refractivity contribution in [2.75, 3.05) is 6.54 Å². The van der Waals surface area contributed by atoms with Gasteiger partial charge < -0.3 is 10.0 Å². The highest BCUT2D eigenvalue weighted by Gasteiger charge is 2.45. The summed E-state index contributed by atoms with van der Waals surface area (Å²) in [6, 6.07) is 20.1. The molecule has 0 radical (unpaired) electrons. The van der Waals surface area contributed by atoms with Crippen molar-refractivity contribution in [1.82, 2.24) is 9.88 Å². The molecule has 1 unspecified atom stereocenters. The predicted molar refractivity (Wildman–Crippen MR) is 115 cm³/mol. The molecule has 0 bridgehead atoms. The molecule has 1 atom stereocenters. The minimum Gasteiger partial charge on any atom is -0.507 e. The van der Waals surface area contributed by atoms with Crippen LogP contribution in [-0.4, -0.2) is 33.2 Å². The van der Waals surface area contributed by atoms with Crippen molar-refractivity contribution in [3.8, 4) is 0 Å². The van der Waals surface area contributed by atoms with Gasteiger partial charge in [0.05, 0.1) is 11.6 Å². The number of carbonyl (C=O) groups excluding carboxylic acids is 2. The van der Waals surface area contributed by atoms with E-state index in [0.29, 0.717) is 18.5 Å². The van der Waals surface area contributed by atoms with Crippen LogP contribution in [0.15, 0.2) is 84.7 Å². The maximum atomic E-state index is 13.0. The van der Waals surface area contributed by atoms with Gasteiger partial charge in [0.15, 0.2) is 0 Å². The van der Waals surface area contributed by atoms with Crippen LogP contribution >= 0.6 is 0 Å². The van der Waals surface area contributed by atoms with Gasteiger partial charge in [-0.1, -0.05) is 60.2 Å². The molecule has 1 amide bonds. The van der Waals surface area contributed by atoms with Crippen LogP contribution in [0.1, 0.15) is 28.3 Å². The number of aliphatic hydroxyl groups is 1. The van der Waals surface area contributed by atoms with Gasteiger partial charge in [-0.2, -0.15) is 0 Å². The van der Waals surface area contributed by atoms with Crippen LogP contribution in [0.3, 0.4) is 0 Å². The Bertz CT molecular complexity index is 1090. The summed E-state index contributed by atoms with van der Waals surface area (Å²) in [5, 5.41) is 10.9. The zero-order valence-electron chi connectivity index (χ0n) is 16.7. The van der Waals surface area contributed by atoms with Gasteiger partial charge in [0.2, 0.25) is 0 Å². The average molecular weight is 398 g/mol. The summed E-state index contributed by atoms with van der Waals surface area (Å²) >= 11 is 0. The van der Waals surface area contributed by atoms with Gasteiger partial charge in [-0.15, -0.1) is 0 Å². The fourth-order valence-electron chi connectivity index (χ4n) is 3.77. The lowest BCUT2D eigenvalue weighted by atomic mass is 9.95. The molecule has 5 heteroatoms. The number of carbonyl (C=O) groups is 2. The standard InChI is InChI=1S/C25H22N2O3/c1-17-7-9-19(10-8-17)22-21(23(28)20-11-14-26-15-12-20)24(29)25(30)27(22)16-13-18-5-3-2-4-6-18/h2-12,14-15,22,28H,13,16H2,1H3/b23-21+. The zero-order chi connectivity index (χ0) is 21.1. The third-order valence-electron chi connectivity index (χ3n) is 5.37. The first-order valence-electron chi connectivity index (χ1n) is 9.85. The maximum Gasteiger partial charge on any atom is 0.295 e. The first kappa shape index (κ1) is 19.6. The molecular weight excluding hydrogens is 376 g/mol. The number of rotatable bonds is 5. The van der Waals surface area contributed by atoms with Crippen LogP contribution in [0.4, 0.5) is 0 Å². The number of amides is 1. The topological polar surface area (TPSA) is 70.5 Å². The molecule has 1 N–H and O–H groups in total. The van der Waals surface area contributed by atoms with E-state index in [-0.39, 0.29) is 11.3 Å². The smallest absolute Gasteiger partial charge is 0.295 e. The van der Waals surface area contributed by atoms with E-state index in [9.17, 15) is 14.7 Å². The van der Waals surface area contributed by atoms with Crippen LogP contribution in [0, 0.1) is 6.92 Å². The molecule has 2 heterocycles. The molecule has 2 aromatic carbocycles. The number of hydrogen-bond acceptors (Lipinski definition) is 4. The fourth-order valence-corrected chi connectivity index (χ4v) is 3.77. The molecule has 3 aromatic rings. The third-order valence-corrected chi connectivity index (χ3v) is 5.37. The Balaban J connectivity index is 1.78. The quantitative estimate of drug-likeness (QED) is 0.400. The highest BCUT2D eigenvalue weighted by atomic mass is 16.3. The van der Waals surface area contributed by atoms with Gasteiger partial charge in [-0.25, -0.2) is 0 Å². The molecule has 1 aliphatic rings. The summed E-state index contributed by atoms with van der Waals surface area (Å²) in [6.07, 6.45) is 3.70. The molecule has 30 heavy (non-hydrogen) atoms. The second-order valence-electron chi connectivity index (χ2n) is 7.37. The summed E-state index contributed by atoms with van der Waals surface area (Å²) in [5.41, 5.74) is 3.53. The molecule has 4 rings (SSSR count). The zero-order valence-corrected chi connectivity index (χ0v) is 16.7. The number of pyridine rings is 1. The van der Waals surface area contributed by atoms with Crippen molar-refractivity contribution in [1.29, 1.82) is 0 Å². The number of hydrogen-bond donors (Lipinski definition) is 1. The monoisotopic (exact) mass is 398 g/mol. The van der Waals surface area contributed by atoms with Gasteiger partial charge in [0, 0.05) is 24.5 Å². The Morgan fingerprint density at radius 2 is 1.63 bits per heavy atom. The Kier molecular flexibility index (Phi) is 5.44. The van der Waals surface area contributed by atoms with E-state index in [1.54, 1.807) is 29.4 Å². The maximum absolute atomic E-state index is 13.0. The Hall–Kier alpha value is -3.73. The Labute approximate surface area is 175 Å². The molecular formula is C25H22N2O3. The summed E-state index contributed by atoms with van der Waals surface area (Å²) in [4.78, 5) is 31.4. The normalized spacial score (nSPS) is 18.0. The van der Waals surface area contributed by atoms with Gasteiger partial charge in [0.25, 0.3) is 11.7 Å². The molecule has 1 fully saturated rings. The number of aliphatic hydroxyl groups excluding tert-OH is 1. The number of aromatic nitrogens is 1. The molecule has 5 nitrogen and oxygen atoms in total. The molecule has 1 aromatic heterocycles. The molecule has 0 saturated carbocycles. The summed E-state index contributed by atoms with van der Waals surface area (Å²) in [7, 11) is 0. The Morgan fingerprint density at radius 1 is 0.967 bits per heavy atom. The largest absolute Gasteiger partial charge is 0.507 e. The van der Waals surface area contributed by atoms with Crippen molar-refractivity contribution in [3.05, 3.63) is 107 Å². The van der Waals surface area contributed by atoms with Gasteiger partial charge >= 0.3 is 0 Å². The van der Waals surface area contributed by atoms with E-state index >= 15 is 0 Å². The molecule has 0 aliphatic carbocycles. The van der Waals surface area contributed by atoms with Crippen LogP contribution in [0.5, 0.6) is 0 Å². The first-order valence-corrected chi connectivity index (χ1v) is 9.85. The SMILES string of the molecule is Cc1ccc(C2/C(=C(\O)c3ccncc3)C(=O)C(=O)N2CCc2ccccc2)cc1. The van der Waals surface area contributed by atoms with E-state index in [0.717, 1.165) is 16.7 Å². The predicted octanol–water partition coefficient (Wildman–Crippen LogP) is 4.05. The number of likely N-dealkylation sites (tertiary alicyclic amines) is 1. The number of benzene rings is 2. The molecule has 1 aliphatic heterocycles. The van der Waals surface area contributed by atoms with Gasteiger partial charge in [-0.3, -0.25) is 14.6 Å². The molecule has 150 valence electrons. The minimum absolute atomic E-state index is 0.114. The van der Waals surface area contributed by atoms with Crippen molar-refractivity contribution in [3.63, 3.8) is 0 Å². The Morgan fingerprint density at radius 3 is 2.30 bits per heavy atom. The van der Waals surface area contributed by atoms with Gasteiger partial charge in [-0.05, 0) is 36.6 Å². The summed E-state index contributed by atoms with van der Waals surface area (Å²) in [5.74, 6) is -1.43. The summed E-state index contributed by atoms with van der Waals surface area (Å²) in [6.45, 7) is 2.35.